The summed E-state index contributed by atoms with van der Waals surface area (Å²) in [7, 11) is 0. The van der Waals surface area contributed by atoms with Crippen molar-refractivity contribution in [1.82, 2.24) is 5.32 Å². The summed E-state index contributed by atoms with van der Waals surface area (Å²) >= 11 is 1.99. The number of hydrogen-bond acceptors (Lipinski definition) is 3. The third kappa shape index (κ3) is 5.46. The average molecular weight is 305 g/mol. The first-order valence-corrected chi connectivity index (χ1v) is 8.58. The maximum atomic E-state index is 12.0. The second-order valence-corrected chi connectivity index (χ2v) is 6.57. The molecule has 1 saturated carbocycles. The first-order valence-electron chi connectivity index (χ1n) is 7.53. The van der Waals surface area contributed by atoms with Crippen LogP contribution in [-0.2, 0) is 0 Å². The lowest BCUT2D eigenvalue weighted by Gasteiger charge is -2.09. The molecular formula is C17H23NO2S. The fourth-order valence-corrected chi connectivity index (χ4v) is 3.62. The van der Waals surface area contributed by atoms with Crippen molar-refractivity contribution in [3.8, 4) is 5.75 Å². The zero-order chi connectivity index (χ0) is 14.9. The lowest BCUT2D eigenvalue weighted by molar-refractivity contribution is 0.0956. The largest absolute Gasteiger partial charge is 0.490 e. The molecule has 1 fully saturated rings. The van der Waals surface area contributed by atoms with E-state index in [9.17, 15) is 4.79 Å². The van der Waals surface area contributed by atoms with Crippen LogP contribution in [0.4, 0.5) is 0 Å². The van der Waals surface area contributed by atoms with Gasteiger partial charge < -0.3 is 10.1 Å². The van der Waals surface area contributed by atoms with Crippen LogP contribution in [0.15, 0.2) is 36.9 Å². The van der Waals surface area contributed by atoms with E-state index in [2.05, 4.69) is 11.9 Å². The smallest absolute Gasteiger partial charge is 0.251 e. The van der Waals surface area contributed by atoms with Crippen molar-refractivity contribution < 1.29 is 9.53 Å². The molecular weight excluding hydrogens is 282 g/mol. The van der Waals surface area contributed by atoms with Crippen LogP contribution in [0.5, 0.6) is 5.75 Å². The first-order chi connectivity index (χ1) is 10.3. The number of thioether (sulfide) groups is 1. The molecule has 1 aliphatic rings. The van der Waals surface area contributed by atoms with Crippen molar-refractivity contribution >= 4 is 17.7 Å². The molecule has 21 heavy (non-hydrogen) atoms. The van der Waals surface area contributed by atoms with Gasteiger partial charge in [-0.3, -0.25) is 4.79 Å². The molecule has 114 valence electrons. The summed E-state index contributed by atoms with van der Waals surface area (Å²) in [5.41, 5.74) is 0.673. The molecule has 1 amide bonds. The van der Waals surface area contributed by atoms with Crippen LogP contribution in [-0.4, -0.2) is 30.1 Å². The Hall–Kier alpha value is -1.42. The fraction of sp³-hybridized carbons (Fsp3) is 0.471. The molecule has 1 N–H and O–H groups in total. The Labute approximate surface area is 131 Å². The molecule has 0 aliphatic heterocycles. The van der Waals surface area contributed by atoms with Crippen LogP contribution in [0.25, 0.3) is 0 Å². The minimum atomic E-state index is -0.0164. The van der Waals surface area contributed by atoms with E-state index in [0.29, 0.717) is 12.2 Å². The highest BCUT2D eigenvalue weighted by molar-refractivity contribution is 7.99. The second-order valence-electron chi connectivity index (χ2n) is 5.16. The number of hydrogen-bond donors (Lipinski definition) is 1. The van der Waals surface area contributed by atoms with Crippen molar-refractivity contribution in [3.63, 3.8) is 0 Å². The van der Waals surface area contributed by atoms with E-state index < -0.39 is 0 Å². The standard InChI is InChI=1S/C17H23NO2S/c1-2-12-20-15-9-7-14(8-10-15)17(19)18-11-13-21-16-5-3-4-6-16/h2,7-10,16H,1,3-6,11-13H2,(H,18,19). The molecule has 0 saturated heterocycles. The van der Waals surface area contributed by atoms with Gasteiger partial charge in [0.15, 0.2) is 0 Å². The Balaban J connectivity index is 1.68. The number of ether oxygens (including phenoxy) is 1. The van der Waals surface area contributed by atoms with E-state index in [0.717, 1.165) is 23.3 Å². The Morgan fingerprint density at radius 2 is 2.05 bits per heavy atom. The normalized spacial score (nSPS) is 14.9. The van der Waals surface area contributed by atoms with Gasteiger partial charge in [0, 0.05) is 23.1 Å². The van der Waals surface area contributed by atoms with Gasteiger partial charge in [-0.1, -0.05) is 25.5 Å². The molecule has 0 bridgehead atoms. The molecule has 0 spiro atoms. The van der Waals surface area contributed by atoms with Gasteiger partial charge in [0.2, 0.25) is 0 Å². The monoisotopic (exact) mass is 305 g/mol. The van der Waals surface area contributed by atoms with Crippen molar-refractivity contribution in [2.24, 2.45) is 0 Å². The molecule has 0 heterocycles. The summed E-state index contributed by atoms with van der Waals surface area (Å²) in [5, 5.41) is 3.78. The van der Waals surface area contributed by atoms with E-state index in [-0.39, 0.29) is 5.91 Å². The molecule has 3 nitrogen and oxygen atoms in total. The first kappa shape index (κ1) is 16.0. The molecule has 0 aromatic heterocycles. The minimum Gasteiger partial charge on any atom is -0.490 e. The van der Waals surface area contributed by atoms with E-state index in [4.69, 9.17) is 4.74 Å². The number of nitrogens with one attached hydrogen (secondary N) is 1. The summed E-state index contributed by atoms with van der Waals surface area (Å²) in [6, 6.07) is 7.20. The summed E-state index contributed by atoms with van der Waals surface area (Å²) in [6.07, 6.45) is 7.10. The van der Waals surface area contributed by atoms with E-state index in [1.807, 2.05) is 23.9 Å². The Kier molecular flexibility index (Phi) is 6.67. The summed E-state index contributed by atoms with van der Waals surface area (Å²) in [5.74, 6) is 1.73. The highest BCUT2D eigenvalue weighted by atomic mass is 32.2. The highest BCUT2D eigenvalue weighted by Gasteiger charge is 2.14. The van der Waals surface area contributed by atoms with E-state index in [1.165, 1.54) is 25.7 Å². The molecule has 0 atom stereocenters. The lowest BCUT2D eigenvalue weighted by Crippen LogP contribution is -2.26. The van der Waals surface area contributed by atoms with Crippen molar-refractivity contribution in [3.05, 3.63) is 42.5 Å². The fourth-order valence-electron chi connectivity index (χ4n) is 2.40. The minimum absolute atomic E-state index is 0.0164. The zero-order valence-corrected chi connectivity index (χ0v) is 13.2. The van der Waals surface area contributed by atoms with Gasteiger partial charge in [-0.05, 0) is 37.1 Å². The predicted molar refractivity (Wildman–Crippen MR) is 89.2 cm³/mol. The van der Waals surface area contributed by atoms with E-state index >= 15 is 0 Å². The molecule has 2 rings (SSSR count). The Morgan fingerprint density at radius 1 is 1.33 bits per heavy atom. The van der Waals surface area contributed by atoms with Crippen LogP contribution in [0.2, 0.25) is 0 Å². The second kappa shape index (κ2) is 8.78. The quantitative estimate of drug-likeness (QED) is 0.588. The van der Waals surface area contributed by atoms with Gasteiger partial charge in [0.05, 0.1) is 0 Å². The summed E-state index contributed by atoms with van der Waals surface area (Å²) in [4.78, 5) is 12.0. The van der Waals surface area contributed by atoms with E-state index in [1.54, 1.807) is 18.2 Å². The topological polar surface area (TPSA) is 38.3 Å². The molecule has 4 heteroatoms. The third-order valence-electron chi connectivity index (χ3n) is 3.53. The number of carbonyl (C=O) groups excluding carboxylic acids is 1. The predicted octanol–water partition coefficient (Wildman–Crippen LogP) is 3.66. The van der Waals surface area contributed by atoms with Crippen LogP contribution >= 0.6 is 11.8 Å². The summed E-state index contributed by atoms with van der Waals surface area (Å²) in [6.45, 7) is 4.81. The number of rotatable bonds is 8. The van der Waals surface area contributed by atoms with Gasteiger partial charge in [-0.25, -0.2) is 0 Å². The van der Waals surface area contributed by atoms with Gasteiger partial charge in [0.25, 0.3) is 5.91 Å². The van der Waals surface area contributed by atoms with Gasteiger partial charge in [0.1, 0.15) is 12.4 Å². The molecule has 0 unspecified atom stereocenters. The number of carbonyl (C=O) groups is 1. The average Bonchev–Trinajstić information content (AvgIpc) is 3.03. The molecule has 1 aromatic rings. The number of amides is 1. The highest BCUT2D eigenvalue weighted by Crippen LogP contribution is 2.28. The number of benzene rings is 1. The van der Waals surface area contributed by atoms with Crippen LogP contribution in [0.3, 0.4) is 0 Å². The van der Waals surface area contributed by atoms with Gasteiger partial charge >= 0.3 is 0 Å². The molecule has 1 aliphatic carbocycles. The van der Waals surface area contributed by atoms with Crippen molar-refractivity contribution in [2.75, 3.05) is 18.9 Å². The Morgan fingerprint density at radius 3 is 2.71 bits per heavy atom. The maximum absolute atomic E-state index is 12.0. The van der Waals surface area contributed by atoms with Gasteiger partial charge in [-0.15, -0.1) is 0 Å². The van der Waals surface area contributed by atoms with Crippen LogP contribution in [0, 0.1) is 0 Å². The molecule has 1 aromatic carbocycles. The van der Waals surface area contributed by atoms with Crippen molar-refractivity contribution in [1.29, 1.82) is 0 Å². The molecule has 0 radical (unpaired) electrons. The van der Waals surface area contributed by atoms with Crippen LogP contribution < -0.4 is 10.1 Å². The lowest BCUT2D eigenvalue weighted by atomic mass is 10.2. The zero-order valence-electron chi connectivity index (χ0n) is 12.3. The SMILES string of the molecule is C=CCOc1ccc(C(=O)NCCSC2CCCC2)cc1. The maximum Gasteiger partial charge on any atom is 0.251 e. The third-order valence-corrected chi connectivity index (χ3v) is 4.91. The summed E-state index contributed by atoms with van der Waals surface area (Å²) < 4.78 is 5.39. The Bertz CT molecular complexity index is 452. The van der Waals surface area contributed by atoms with Crippen molar-refractivity contribution in [2.45, 2.75) is 30.9 Å². The van der Waals surface area contributed by atoms with Gasteiger partial charge in [-0.2, -0.15) is 11.8 Å². The van der Waals surface area contributed by atoms with Crippen LogP contribution in [0.1, 0.15) is 36.0 Å².